The SMILES string of the molecule is C1=Cc2oc3c(C4=NC(c5ccccc5)=NC(c5ccc(-c6ccc(N(c7ccccc7)c7ccc8ccccc8c7)c7oc8ccccc8c67)cc5)N4)cccc3c2CC1. The van der Waals surface area contributed by atoms with Crippen LogP contribution >= 0.6 is 0 Å². The van der Waals surface area contributed by atoms with Crippen LogP contribution in [0.1, 0.15) is 40.6 Å². The molecule has 0 fully saturated rings. The second kappa shape index (κ2) is 14.4. The van der Waals surface area contributed by atoms with Gasteiger partial charge in [-0.2, -0.15) is 0 Å². The number of nitrogens with zero attached hydrogens (tertiary/aromatic N) is 3. The van der Waals surface area contributed by atoms with E-state index < -0.39 is 0 Å². The molecule has 0 spiro atoms. The van der Waals surface area contributed by atoms with Gasteiger partial charge in [0.15, 0.2) is 11.4 Å². The van der Waals surface area contributed by atoms with Gasteiger partial charge in [0, 0.05) is 38.7 Å². The molecule has 3 heterocycles. The van der Waals surface area contributed by atoms with Crippen molar-refractivity contribution < 1.29 is 8.83 Å². The fraction of sp³-hybridized carbons (Fsp3) is 0.0545. The number of rotatable bonds is 7. The third kappa shape index (κ3) is 6.03. The molecule has 290 valence electrons. The first-order valence-electron chi connectivity index (χ1n) is 20.8. The van der Waals surface area contributed by atoms with Crippen molar-refractivity contribution in [3.8, 4) is 11.1 Å². The van der Waals surface area contributed by atoms with Crippen LogP contribution in [-0.2, 0) is 6.42 Å². The third-order valence-corrected chi connectivity index (χ3v) is 12.0. The Morgan fingerprint density at radius 1 is 0.574 bits per heavy atom. The highest BCUT2D eigenvalue weighted by molar-refractivity contribution is 6.18. The molecular weight excluding hydrogens is 749 g/mol. The van der Waals surface area contributed by atoms with Crippen LogP contribution in [-0.4, -0.2) is 11.7 Å². The predicted molar refractivity (Wildman–Crippen MR) is 250 cm³/mol. The number of aryl methyl sites for hydroxylation is 1. The highest BCUT2D eigenvalue weighted by Crippen LogP contribution is 2.46. The summed E-state index contributed by atoms with van der Waals surface area (Å²) in [7, 11) is 0. The van der Waals surface area contributed by atoms with Gasteiger partial charge in [0.25, 0.3) is 0 Å². The molecule has 1 N–H and O–H groups in total. The van der Waals surface area contributed by atoms with Gasteiger partial charge >= 0.3 is 0 Å². The van der Waals surface area contributed by atoms with E-state index in [4.69, 9.17) is 18.8 Å². The Hall–Kier alpha value is -7.96. The van der Waals surface area contributed by atoms with Gasteiger partial charge in [-0.05, 0) is 88.8 Å². The monoisotopic (exact) mass is 786 g/mol. The lowest BCUT2D eigenvalue weighted by Gasteiger charge is -2.26. The lowest BCUT2D eigenvalue weighted by molar-refractivity contribution is 0.593. The Labute approximate surface area is 352 Å². The van der Waals surface area contributed by atoms with Crippen LogP contribution in [0.15, 0.2) is 207 Å². The smallest absolute Gasteiger partial charge is 0.160 e. The maximum Gasteiger partial charge on any atom is 0.160 e. The molecule has 1 unspecified atom stereocenters. The topological polar surface area (TPSA) is 66.3 Å². The van der Waals surface area contributed by atoms with E-state index in [0.717, 1.165) is 102 Å². The van der Waals surface area contributed by atoms with E-state index in [9.17, 15) is 0 Å². The normalized spacial score (nSPS) is 14.9. The van der Waals surface area contributed by atoms with Gasteiger partial charge in [-0.15, -0.1) is 0 Å². The molecule has 6 heteroatoms. The zero-order valence-electron chi connectivity index (χ0n) is 33.1. The van der Waals surface area contributed by atoms with E-state index in [1.807, 2.05) is 24.3 Å². The minimum Gasteiger partial charge on any atom is -0.456 e. The molecule has 0 amide bonds. The van der Waals surface area contributed by atoms with Gasteiger partial charge in [-0.1, -0.05) is 146 Å². The lowest BCUT2D eigenvalue weighted by Crippen LogP contribution is -2.33. The van der Waals surface area contributed by atoms with Gasteiger partial charge in [0.2, 0.25) is 0 Å². The van der Waals surface area contributed by atoms with Crippen LogP contribution in [0.4, 0.5) is 17.1 Å². The molecule has 0 saturated carbocycles. The first-order chi connectivity index (χ1) is 30.2. The number of amidine groups is 2. The first kappa shape index (κ1) is 35.0. The van der Waals surface area contributed by atoms with E-state index in [2.05, 4.69) is 180 Å². The Kier molecular flexibility index (Phi) is 8.27. The molecular formula is C55H38N4O2. The fourth-order valence-electron chi connectivity index (χ4n) is 9.06. The van der Waals surface area contributed by atoms with Crippen LogP contribution in [0, 0.1) is 0 Å². The maximum atomic E-state index is 6.85. The summed E-state index contributed by atoms with van der Waals surface area (Å²) in [4.78, 5) is 12.6. The molecule has 2 aliphatic rings. The zero-order valence-corrected chi connectivity index (χ0v) is 33.1. The van der Waals surface area contributed by atoms with E-state index in [0.29, 0.717) is 5.84 Å². The minimum atomic E-state index is -0.380. The summed E-state index contributed by atoms with van der Waals surface area (Å²) in [5.74, 6) is 2.34. The van der Waals surface area contributed by atoms with Crippen molar-refractivity contribution in [3.63, 3.8) is 0 Å². The number of nitrogens with one attached hydrogen (secondary N) is 1. The second-order valence-corrected chi connectivity index (χ2v) is 15.7. The van der Waals surface area contributed by atoms with Crippen LogP contribution in [0.25, 0.3) is 60.9 Å². The number of anilines is 3. The van der Waals surface area contributed by atoms with Crippen molar-refractivity contribution in [2.24, 2.45) is 9.98 Å². The standard InChI is InChI=1S/C55H38N4O2/c1-3-15-37(16-4-1)53-56-54(58-55(57-53)46-23-13-22-44-43-20-9-11-24-48(43)60-51(44)46)38-28-26-36(27-29-38)42-32-33-47(52-50(42)45-21-10-12-25-49(45)61-52)59(40-18-5-2-6-19-40)41-31-30-35-14-7-8-17-39(35)34-41/h1-8,10-19,21-34,54H,9,20H2,(H,56,57,58). The first-order valence-corrected chi connectivity index (χ1v) is 20.8. The lowest BCUT2D eigenvalue weighted by atomic mass is 9.96. The van der Waals surface area contributed by atoms with Gasteiger partial charge in [-0.3, -0.25) is 0 Å². The highest BCUT2D eigenvalue weighted by atomic mass is 16.3. The summed E-state index contributed by atoms with van der Waals surface area (Å²) in [5.41, 5.74) is 11.9. The molecule has 1 aliphatic carbocycles. The number of fused-ring (bicyclic) bond motifs is 7. The Morgan fingerprint density at radius 2 is 1.34 bits per heavy atom. The van der Waals surface area contributed by atoms with Crippen molar-refractivity contribution in [3.05, 3.63) is 216 Å². The van der Waals surface area contributed by atoms with Crippen molar-refractivity contribution in [2.45, 2.75) is 19.0 Å². The van der Waals surface area contributed by atoms with E-state index in [-0.39, 0.29) is 6.17 Å². The molecule has 12 rings (SSSR count). The Balaban J connectivity index is 0.960. The van der Waals surface area contributed by atoms with Crippen molar-refractivity contribution in [1.29, 1.82) is 0 Å². The van der Waals surface area contributed by atoms with Crippen LogP contribution in [0.3, 0.4) is 0 Å². The molecule has 8 aromatic carbocycles. The Bertz CT molecular complexity index is 3400. The molecule has 0 saturated heterocycles. The number of aliphatic imine (C=N–C) groups is 2. The number of para-hydroxylation sites is 3. The highest BCUT2D eigenvalue weighted by Gasteiger charge is 2.26. The summed E-state index contributed by atoms with van der Waals surface area (Å²) >= 11 is 0. The largest absolute Gasteiger partial charge is 0.456 e. The molecule has 1 atom stereocenters. The summed E-state index contributed by atoms with van der Waals surface area (Å²) in [5, 5.41) is 9.35. The van der Waals surface area contributed by atoms with Crippen LogP contribution < -0.4 is 10.2 Å². The minimum absolute atomic E-state index is 0.380. The molecule has 10 aromatic rings. The molecule has 0 radical (unpaired) electrons. The van der Waals surface area contributed by atoms with Crippen molar-refractivity contribution in [2.75, 3.05) is 4.90 Å². The number of benzene rings is 8. The molecule has 2 aromatic heterocycles. The van der Waals surface area contributed by atoms with Gasteiger partial charge in [-0.25, -0.2) is 9.98 Å². The Morgan fingerprint density at radius 3 is 2.21 bits per heavy atom. The summed E-state index contributed by atoms with van der Waals surface area (Å²) in [6.07, 6.45) is 5.87. The van der Waals surface area contributed by atoms with Gasteiger partial charge in [0.1, 0.15) is 28.9 Å². The number of hydrogen-bond donors (Lipinski definition) is 1. The van der Waals surface area contributed by atoms with Crippen molar-refractivity contribution >= 4 is 78.5 Å². The predicted octanol–water partition coefficient (Wildman–Crippen LogP) is 14.1. The van der Waals surface area contributed by atoms with Crippen molar-refractivity contribution in [1.82, 2.24) is 5.32 Å². The van der Waals surface area contributed by atoms with Crippen LogP contribution in [0.2, 0.25) is 0 Å². The van der Waals surface area contributed by atoms with E-state index in [1.165, 1.54) is 16.3 Å². The summed E-state index contributed by atoms with van der Waals surface area (Å²) in [6.45, 7) is 0. The zero-order chi connectivity index (χ0) is 40.3. The number of allylic oxidation sites excluding steroid dienone is 1. The number of hydrogen-bond acceptors (Lipinski definition) is 6. The number of furan rings is 2. The van der Waals surface area contributed by atoms with E-state index in [1.54, 1.807) is 0 Å². The average molecular weight is 787 g/mol. The maximum absolute atomic E-state index is 6.85. The molecule has 6 nitrogen and oxygen atoms in total. The molecule has 0 bridgehead atoms. The molecule has 61 heavy (non-hydrogen) atoms. The quantitative estimate of drug-likeness (QED) is 0.175. The van der Waals surface area contributed by atoms with Gasteiger partial charge in [0.05, 0.1) is 11.3 Å². The third-order valence-electron chi connectivity index (χ3n) is 12.0. The van der Waals surface area contributed by atoms with Crippen LogP contribution in [0.5, 0.6) is 0 Å². The van der Waals surface area contributed by atoms with Gasteiger partial charge < -0.3 is 19.1 Å². The summed E-state index contributed by atoms with van der Waals surface area (Å²) < 4.78 is 13.4. The summed E-state index contributed by atoms with van der Waals surface area (Å²) in [6, 6.07) is 63.7. The average Bonchev–Trinajstić information content (AvgIpc) is 3.92. The second-order valence-electron chi connectivity index (χ2n) is 15.7. The van der Waals surface area contributed by atoms with E-state index >= 15 is 0 Å². The molecule has 1 aliphatic heterocycles. The fourth-order valence-corrected chi connectivity index (χ4v) is 9.06.